The Hall–Kier alpha value is -1.17. The van der Waals surface area contributed by atoms with Gasteiger partial charge in [-0.2, -0.15) is 0 Å². The summed E-state index contributed by atoms with van der Waals surface area (Å²) in [5, 5.41) is 33.0. The molecule has 0 saturated heterocycles. The topological polar surface area (TPSA) is 89.8 Å². The number of nitrogens with one attached hydrogen (secondary N) is 1. The number of rotatable bonds is 36. The van der Waals surface area contributed by atoms with E-state index in [0.29, 0.717) is 6.42 Å². The van der Waals surface area contributed by atoms with E-state index in [1.54, 1.807) is 6.08 Å². The number of unbranched alkanes of at least 4 members (excludes halogenated alkanes) is 26. The molecular formula is C41H79NO4. The van der Waals surface area contributed by atoms with Crippen molar-refractivity contribution in [2.45, 2.75) is 225 Å². The first-order valence-electron chi connectivity index (χ1n) is 20.2. The third-order valence-electron chi connectivity index (χ3n) is 9.29. The second kappa shape index (κ2) is 36.7. The number of hydrogen-bond acceptors (Lipinski definition) is 4. The molecular weight excluding hydrogens is 570 g/mol. The molecule has 5 nitrogen and oxygen atoms in total. The summed E-state index contributed by atoms with van der Waals surface area (Å²) in [6.45, 7) is 4.16. The molecule has 0 bridgehead atoms. The van der Waals surface area contributed by atoms with Crippen LogP contribution in [0.25, 0.3) is 0 Å². The predicted molar refractivity (Wildman–Crippen MR) is 199 cm³/mol. The van der Waals surface area contributed by atoms with Gasteiger partial charge in [0.25, 0.3) is 0 Å². The first-order chi connectivity index (χ1) is 22.6. The Bertz CT molecular complexity index is 679. The molecule has 0 fully saturated rings. The molecule has 0 aromatic carbocycles. The Morgan fingerprint density at radius 3 is 1.33 bits per heavy atom. The zero-order valence-corrected chi connectivity index (χ0v) is 30.7. The lowest BCUT2D eigenvalue weighted by molar-refractivity contribution is -0.131. The zero-order valence-electron chi connectivity index (χ0n) is 30.7. The third kappa shape index (κ3) is 31.4. The molecule has 0 radical (unpaired) electrons. The van der Waals surface area contributed by atoms with Gasteiger partial charge in [0, 0.05) is 0 Å². The maximum Gasteiger partial charge on any atom is 0.249 e. The first kappa shape index (κ1) is 44.8. The fourth-order valence-electron chi connectivity index (χ4n) is 6.08. The summed E-state index contributed by atoms with van der Waals surface area (Å²) in [4.78, 5) is 12.4. The highest BCUT2D eigenvalue weighted by atomic mass is 16.3. The maximum atomic E-state index is 12.4. The first-order valence-corrected chi connectivity index (χ1v) is 20.2. The molecule has 0 aliphatic heterocycles. The van der Waals surface area contributed by atoms with E-state index in [9.17, 15) is 20.1 Å². The van der Waals surface area contributed by atoms with E-state index in [1.807, 2.05) is 6.08 Å². The molecule has 0 saturated carbocycles. The molecule has 0 rings (SSSR count). The minimum Gasteiger partial charge on any atom is -0.394 e. The van der Waals surface area contributed by atoms with Crippen LogP contribution < -0.4 is 5.32 Å². The Labute approximate surface area is 286 Å². The van der Waals surface area contributed by atoms with Gasteiger partial charge in [0.1, 0.15) is 6.10 Å². The van der Waals surface area contributed by atoms with Crippen molar-refractivity contribution in [3.63, 3.8) is 0 Å². The number of amides is 1. The lowest BCUT2D eigenvalue weighted by atomic mass is 10.0. The Morgan fingerprint density at radius 1 is 0.522 bits per heavy atom. The molecule has 1 amide bonds. The van der Waals surface area contributed by atoms with Crippen molar-refractivity contribution in [3.05, 3.63) is 24.3 Å². The van der Waals surface area contributed by atoms with Gasteiger partial charge in [0.15, 0.2) is 0 Å². The van der Waals surface area contributed by atoms with Crippen molar-refractivity contribution in [2.75, 3.05) is 6.61 Å². The summed E-state index contributed by atoms with van der Waals surface area (Å²) in [7, 11) is 0. The molecule has 272 valence electrons. The van der Waals surface area contributed by atoms with E-state index >= 15 is 0 Å². The zero-order chi connectivity index (χ0) is 33.8. The van der Waals surface area contributed by atoms with Crippen LogP contribution in [0, 0.1) is 0 Å². The summed E-state index contributed by atoms with van der Waals surface area (Å²) < 4.78 is 0. The van der Waals surface area contributed by atoms with Gasteiger partial charge in [-0.15, -0.1) is 0 Å². The van der Waals surface area contributed by atoms with Crippen LogP contribution in [0.5, 0.6) is 0 Å². The molecule has 0 heterocycles. The Morgan fingerprint density at radius 2 is 0.891 bits per heavy atom. The van der Waals surface area contributed by atoms with Crippen molar-refractivity contribution in [2.24, 2.45) is 0 Å². The van der Waals surface area contributed by atoms with Crippen LogP contribution in [0.15, 0.2) is 24.3 Å². The molecule has 0 spiro atoms. The molecule has 0 aromatic heterocycles. The minimum atomic E-state index is -1.10. The van der Waals surface area contributed by atoms with Gasteiger partial charge in [0.05, 0.1) is 18.8 Å². The third-order valence-corrected chi connectivity index (χ3v) is 9.29. The quantitative estimate of drug-likeness (QED) is 0.0401. The maximum absolute atomic E-state index is 12.4. The van der Waals surface area contributed by atoms with Crippen LogP contribution in [-0.4, -0.2) is 46.1 Å². The molecule has 3 atom stereocenters. The predicted octanol–water partition coefficient (Wildman–Crippen LogP) is 11.0. The summed E-state index contributed by atoms with van der Waals surface area (Å²) >= 11 is 0. The van der Waals surface area contributed by atoms with E-state index < -0.39 is 24.2 Å². The molecule has 5 heteroatoms. The molecule has 3 unspecified atom stereocenters. The molecule has 0 aliphatic rings. The summed E-state index contributed by atoms with van der Waals surface area (Å²) in [6.07, 6.45) is 43.4. The number of carbonyl (C=O) groups excluding carboxylic acids is 1. The van der Waals surface area contributed by atoms with Crippen LogP contribution in [-0.2, 0) is 4.79 Å². The van der Waals surface area contributed by atoms with Gasteiger partial charge in [0.2, 0.25) is 5.91 Å². The standard InChI is InChI=1S/C41H79NO4/c1-3-5-7-9-11-13-15-17-19-20-22-23-25-27-29-31-33-35-39(44)38(37-43)42-41(46)40(45)36-34-32-30-28-26-24-21-18-16-14-12-10-8-6-4-2/h25,27,33,35,38-40,43-45H,3-24,26,28-32,34,36-37H2,1-2H3,(H,42,46)/b27-25+,35-33+. The van der Waals surface area contributed by atoms with Crippen LogP contribution in [0.1, 0.15) is 206 Å². The molecule has 0 aromatic rings. The van der Waals surface area contributed by atoms with Gasteiger partial charge in [-0.25, -0.2) is 0 Å². The molecule has 46 heavy (non-hydrogen) atoms. The summed E-state index contributed by atoms with van der Waals surface area (Å²) in [5.74, 6) is -0.512. The van der Waals surface area contributed by atoms with Crippen molar-refractivity contribution in [1.29, 1.82) is 0 Å². The highest BCUT2D eigenvalue weighted by Crippen LogP contribution is 2.15. The van der Waals surface area contributed by atoms with Gasteiger partial charge < -0.3 is 20.6 Å². The van der Waals surface area contributed by atoms with Gasteiger partial charge >= 0.3 is 0 Å². The van der Waals surface area contributed by atoms with Crippen molar-refractivity contribution < 1.29 is 20.1 Å². The van der Waals surface area contributed by atoms with Crippen molar-refractivity contribution >= 4 is 5.91 Å². The van der Waals surface area contributed by atoms with Gasteiger partial charge in [-0.1, -0.05) is 199 Å². The fourth-order valence-corrected chi connectivity index (χ4v) is 6.08. The second-order valence-electron chi connectivity index (χ2n) is 13.8. The van der Waals surface area contributed by atoms with Crippen LogP contribution in [0.3, 0.4) is 0 Å². The van der Waals surface area contributed by atoms with E-state index in [2.05, 4.69) is 31.3 Å². The van der Waals surface area contributed by atoms with E-state index in [-0.39, 0.29) is 6.61 Å². The number of carbonyl (C=O) groups is 1. The van der Waals surface area contributed by atoms with Crippen molar-refractivity contribution in [3.8, 4) is 0 Å². The minimum absolute atomic E-state index is 0.373. The largest absolute Gasteiger partial charge is 0.394 e. The van der Waals surface area contributed by atoms with Crippen molar-refractivity contribution in [1.82, 2.24) is 5.32 Å². The second-order valence-corrected chi connectivity index (χ2v) is 13.8. The number of hydrogen-bond donors (Lipinski definition) is 4. The number of aliphatic hydroxyl groups excluding tert-OH is 3. The van der Waals surface area contributed by atoms with E-state index in [0.717, 1.165) is 38.5 Å². The van der Waals surface area contributed by atoms with E-state index in [4.69, 9.17) is 0 Å². The SMILES string of the molecule is CCCCCCCCCCCCC/C=C/CC/C=C/C(O)C(CO)NC(=O)C(O)CCCCCCCCCCCCCCCCC. The summed E-state index contributed by atoms with van der Waals surface area (Å²) in [5.41, 5.74) is 0. The average Bonchev–Trinajstić information content (AvgIpc) is 3.06. The van der Waals surface area contributed by atoms with E-state index in [1.165, 1.54) is 148 Å². The molecule has 0 aliphatic carbocycles. The Balaban J connectivity index is 3.74. The van der Waals surface area contributed by atoms with Crippen LogP contribution in [0.2, 0.25) is 0 Å². The van der Waals surface area contributed by atoms with Crippen LogP contribution in [0.4, 0.5) is 0 Å². The normalized spacial score (nSPS) is 13.9. The smallest absolute Gasteiger partial charge is 0.249 e. The summed E-state index contributed by atoms with van der Waals surface area (Å²) in [6, 6.07) is -0.809. The number of allylic oxidation sites excluding steroid dienone is 3. The fraction of sp³-hybridized carbons (Fsp3) is 0.878. The number of aliphatic hydroxyl groups is 3. The molecule has 4 N–H and O–H groups in total. The van der Waals surface area contributed by atoms with Gasteiger partial charge in [-0.3, -0.25) is 4.79 Å². The van der Waals surface area contributed by atoms with Gasteiger partial charge in [-0.05, 0) is 32.1 Å². The van der Waals surface area contributed by atoms with Crippen LogP contribution >= 0.6 is 0 Å². The monoisotopic (exact) mass is 650 g/mol. The lowest BCUT2D eigenvalue weighted by Crippen LogP contribution is -2.48. The Kier molecular flexibility index (Phi) is 35.7. The lowest BCUT2D eigenvalue weighted by Gasteiger charge is -2.21. The average molecular weight is 650 g/mol. The highest BCUT2D eigenvalue weighted by molar-refractivity contribution is 5.80. The highest BCUT2D eigenvalue weighted by Gasteiger charge is 2.22.